The first-order valence-electron chi connectivity index (χ1n) is 7.96. The van der Waals surface area contributed by atoms with E-state index >= 15 is 4.39 Å². The van der Waals surface area contributed by atoms with Crippen LogP contribution >= 0.6 is 11.6 Å². The fraction of sp³-hybridized carbons (Fsp3) is 0.667. The van der Waals surface area contributed by atoms with Gasteiger partial charge in [0.2, 0.25) is 0 Å². The Kier molecular flexibility index (Phi) is 6.22. The molecule has 1 aliphatic rings. The molecule has 5 atom stereocenters. The highest BCUT2D eigenvalue weighted by Crippen LogP contribution is 2.41. The summed E-state index contributed by atoms with van der Waals surface area (Å²) >= 11 is 5.87. The number of carbonyl (C=O) groups is 1. The zero-order valence-electron chi connectivity index (χ0n) is 14.3. The SMILES string of the molecule is CC(C)C(N)C(=O)O[C@H]1[C@@H](F)[C@H](n2ccc(N)nc2=O)O[C@@]1(CO)CCl. The molecule has 0 spiro atoms. The number of nitrogens with two attached hydrogens (primary N) is 2. The number of rotatable bonds is 6. The van der Waals surface area contributed by atoms with E-state index in [-0.39, 0.29) is 17.6 Å². The first-order valence-corrected chi connectivity index (χ1v) is 8.49. The van der Waals surface area contributed by atoms with Crippen LogP contribution in [0.5, 0.6) is 0 Å². The second kappa shape index (κ2) is 7.87. The molecule has 2 heterocycles. The Morgan fingerprint density at radius 3 is 2.77 bits per heavy atom. The van der Waals surface area contributed by atoms with Crippen molar-refractivity contribution < 1.29 is 23.8 Å². The van der Waals surface area contributed by atoms with E-state index in [0.29, 0.717) is 0 Å². The van der Waals surface area contributed by atoms with Crippen LogP contribution in [0.15, 0.2) is 17.1 Å². The van der Waals surface area contributed by atoms with Crippen molar-refractivity contribution in [2.45, 2.75) is 44.0 Å². The third-order valence-electron chi connectivity index (χ3n) is 4.29. The number of nitrogen functional groups attached to an aromatic ring is 1. The van der Waals surface area contributed by atoms with Gasteiger partial charge in [-0.3, -0.25) is 9.36 Å². The Bertz CT molecular complexity index is 712. The lowest BCUT2D eigenvalue weighted by molar-refractivity contribution is -0.167. The summed E-state index contributed by atoms with van der Waals surface area (Å²) in [5.74, 6) is -1.53. The van der Waals surface area contributed by atoms with Crippen molar-refractivity contribution in [1.29, 1.82) is 0 Å². The number of aliphatic hydroxyl groups is 1. The average Bonchev–Trinajstić information content (AvgIpc) is 2.87. The first-order chi connectivity index (χ1) is 12.2. The van der Waals surface area contributed by atoms with Gasteiger partial charge in [-0.2, -0.15) is 4.98 Å². The van der Waals surface area contributed by atoms with Gasteiger partial charge in [0, 0.05) is 6.20 Å². The number of halogens is 2. The molecule has 1 saturated heterocycles. The highest BCUT2D eigenvalue weighted by Gasteiger charge is 2.58. The summed E-state index contributed by atoms with van der Waals surface area (Å²) in [7, 11) is 0. The van der Waals surface area contributed by atoms with Gasteiger partial charge in [-0.05, 0) is 12.0 Å². The number of aliphatic hydroxyl groups excluding tert-OH is 1. The molecule has 9 nitrogen and oxygen atoms in total. The third kappa shape index (κ3) is 3.68. The largest absolute Gasteiger partial charge is 0.455 e. The number of carbonyl (C=O) groups excluding carboxylic acids is 1. The minimum Gasteiger partial charge on any atom is -0.455 e. The molecule has 0 aromatic carbocycles. The van der Waals surface area contributed by atoms with E-state index in [4.69, 9.17) is 32.5 Å². The van der Waals surface area contributed by atoms with Gasteiger partial charge in [0.05, 0.1) is 12.5 Å². The lowest BCUT2D eigenvalue weighted by atomic mass is 9.98. The minimum absolute atomic E-state index is 0.0451. The quantitative estimate of drug-likeness (QED) is 0.436. The van der Waals surface area contributed by atoms with Crippen LogP contribution in [0.2, 0.25) is 0 Å². The van der Waals surface area contributed by atoms with Gasteiger partial charge >= 0.3 is 11.7 Å². The van der Waals surface area contributed by atoms with Gasteiger partial charge in [0.25, 0.3) is 0 Å². The summed E-state index contributed by atoms with van der Waals surface area (Å²) in [5.41, 5.74) is 8.55. The first kappa shape index (κ1) is 20.6. The van der Waals surface area contributed by atoms with E-state index in [1.165, 1.54) is 12.3 Å². The molecule has 1 fully saturated rings. The second-order valence-corrected chi connectivity index (χ2v) is 6.75. The summed E-state index contributed by atoms with van der Waals surface area (Å²) in [4.78, 5) is 27.7. The average molecular weight is 393 g/mol. The highest BCUT2D eigenvalue weighted by atomic mass is 35.5. The van der Waals surface area contributed by atoms with E-state index in [1.807, 2.05) is 0 Å². The maximum Gasteiger partial charge on any atom is 0.351 e. The number of hydrogen-bond acceptors (Lipinski definition) is 8. The zero-order valence-corrected chi connectivity index (χ0v) is 15.1. The van der Waals surface area contributed by atoms with Gasteiger partial charge in [0.1, 0.15) is 17.5 Å². The van der Waals surface area contributed by atoms with Crippen molar-refractivity contribution in [3.05, 3.63) is 22.7 Å². The number of anilines is 1. The summed E-state index contributed by atoms with van der Waals surface area (Å²) in [6.45, 7) is 2.67. The van der Waals surface area contributed by atoms with Crippen LogP contribution in [0.3, 0.4) is 0 Å². The lowest BCUT2D eigenvalue weighted by Gasteiger charge is -2.30. The molecule has 1 aromatic rings. The van der Waals surface area contributed by atoms with Crippen LogP contribution in [-0.4, -0.2) is 57.0 Å². The van der Waals surface area contributed by atoms with Crippen LogP contribution < -0.4 is 17.2 Å². The van der Waals surface area contributed by atoms with E-state index in [9.17, 15) is 14.7 Å². The number of hydrogen-bond donors (Lipinski definition) is 3. The van der Waals surface area contributed by atoms with Crippen molar-refractivity contribution in [3.63, 3.8) is 0 Å². The molecule has 1 unspecified atom stereocenters. The fourth-order valence-electron chi connectivity index (χ4n) is 2.57. The van der Waals surface area contributed by atoms with Crippen molar-refractivity contribution in [2.75, 3.05) is 18.2 Å². The Balaban J connectivity index is 2.36. The van der Waals surface area contributed by atoms with E-state index < -0.39 is 48.4 Å². The number of ether oxygens (including phenoxy) is 2. The standard InChI is InChI=1S/C15H22ClFN4O5/c1-7(2)10(19)13(23)25-11-9(17)12(26-15(11,5-16)6-22)21-4-3-8(18)20-14(21)24/h3-4,7,9-12,22H,5-6,19H2,1-2H3,(H2,18,20,24)/t9-,10?,11+,12-,15-/m1/s1. The molecule has 1 aromatic heterocycles. The molecule has 2 rings (SSSR count). The molecule has 5 N–H and O–H groups in total. The number of nitrogens with zero attached hydrogens (tertiary/aromatic N) is 2. The summed E-state index contributed by atoms with van der Waals surface area (Å²) < 4.78 is 26.7. The van der Waals surface area contributed by atoms with E-state index in [0.717, 1.165) is 4.57 Å². The highest BCUT2D eigenvalue weighted by molar-refractivity contribution is 6.18. The normalized spacial score (nSPS) is 29.7. The molecule has 0 amide bonds. The maximum absolute atomic E-state index is 15.1. The molecule has 0 bridgehead atoms. The van der Waals surface area contributed by atoms with Gasteiger partial charge in [0.15, 0.2) is 18.5 Å². The monoisotopic (exact) mass is 392 g/mol. The van der Waals surface area contributed by atoms with Crippen molar-refractivity contribution in [3.8, 4) is 0 Å². The number of alkyl halides is 2. The van der Waals surface area contributed by atoms with Crippen LogP contribution in [0.4, 0.5) is 10.2 Å². The Hall–Kier alpha value is -1.75. The molecular weight excluding hydrogens is 371 g/mol. The molecule has 1 aliphatic heterocycles. The number of esters is 1. The summed E-state index contributed by atoms with van der Waals surface area (Å²) in [6, 6.07) is 0.293. The van der Waals surface area contributed by atoms with Gasteiger partial charge in [-0.15, -0.1) is 11.6 Å². The second-order valence-electron chi connectivity index (χ2n) is 6.48. The molecule has 0 aliphatic carbocycles. The molecular formula is C15H22ClFN4O5. The summed E-state index contributed by atoms with van der Waals surface area (Å²) in [6.07, 6.45) is -3.86. The molecule has 11 heteroatoms. The van der Waals surface area contributed by atoms with Gasteiger partial charge in [-0.25, -0.2) is 9.18 Å². The van der Waals surface area contributed by atoms with Crippen molar-refractivity contribution in [2.24, 2.45) is 11.7 Å². The molecule has 146 valence electrons. The molecule has 26 heavy (non-hydrogen) atoms. The predicted molar refractivity (Wildman–Crippen MR) is 91.2 cm³/mol. The van der Waals surface area contributed by atoms with Crippen molar-refractivity contribution >= 4 is 23.4 Å². The fourth-order valence-corrected chi connectivity index (χ4v) is 2.87. The Morgan fingerprint density at radius 1 is 1.62 bits per heavy atom. The third-order valence-corrected chi connectivity index (χ3v) is 4.74. The molecule has 0 saturated carbocycles. The molecule has 0 radical (unpaired) electrons. The van der Waals surface area contributed by atoms with Crippen LogP contribution in [0, 0.1) is 5.92 Å². The van der Waals surface area contributed by atoms with E-state index in [2.05, 4.69) is 4.98 Å². The Labute approximate surface area is 154 Å². The smallest absolute Gasteiger partial charge is 0.351 e. The zero-order chi connectivity index (χ0) is 19.6. The summed E-state index contributed by atoms with van der Waals surface area (Å²) in [5, 5.41) is 9.72. The topological polar surface area (TPSA) is 143 Å². The van der Waals surface area contributed by atoms with Crippen LogP contribution in [-0.2, 0) is 14.3 Å². The maximum atomic E-state index is 15.1. The van der Waals surface area contributed by atoms with Crippen LogP contribution in [0.1, 0.15) is 20.1 Å². The number of aromatic nitrogens is 2. The van der Waals surface area contributed by atoms with E-state index in [1.54, 1.807) is 13.8 Å². The van der Waals surface area contributed by atoms with Gasteiger partial charge in [-0.1, -0.05) is 13.8 Å². The van der Waals surface area contributed by atoms with Crippen LogP contribution in [0.25, 0.3) is 0 Å². The van der Waals surface area contributed by atoms with Gasteiger partial charge < -0.3 is 26.0 Å². The minimum atomic E-state index is -1.99. The lowest BCUT2D eigenvalue weighted by Crippen LogP contribution is -2.52. The Morgan fingerprint density at radius 2 is 2.27 bits per heavy atom. The van der Waals surface area contributed by atoms with Crippen molar-refractivity contribution in [1.82, 2.24) is 9.55 Å². The predicted octanol–water partition coefficient (Wildman–Crippen LogP) is -0.443.